The summed E-state index contributed by atoms with van der Waals surface area (Å²) in [5, 5.41) is 0.966. The molecular weight excluding hydrogens is 214 g/mol. The summed E-state index contributed by atoms with van der Waals surface area (Å²) in [6.45, 7) is 3.22. The van der Waals surface area contributed by atoms with Gasteiger partial charge in [-0.2, -0.15) is 4.37 Å². The maximum absolute atomic E-state index is 5.70. The first-order valence-corrected chi connectivity index (χ1v) is 5.95. The molecule has 5 nitrogen and oxygen atoms in total. The van der Waals surface area contributed by atoms with Crippen LogP contribution in [-0.4, -0.2) is 41.4 Å². The van der Waals surface area contributed by atoms with Crippen LogP contribution in [0.1, 0.15) is 12.8 Å². The van der Waals surface area contributed by atoms with Crippen molar-refractivity contribution >= 4 is 16.7 Å². The maximum Gasteiger partial charge on any atom is 0.205 e. The lowest BCUT2D eigenvalue weighted by molar-refractivity contribution is -0.161. The van der Waals surface area contributed by atoms with Gasteiger partial charge in [0.1, 0.15) is 6.33 Å². The molecule has 2 aliphatic heterocycles. The number of anilines is 1. The molecule has 0 unspecified atom stereocenters. The molecule has 15 heavy (non-hydrogen) atoms. The third-order valence-corrected chi connectivity index (χ3v) is 3.58. The average molecular weight is 227 g/mol. The van der Waals surface area contributed by atoms with Gasteiger partial charge < -0.3 is 14.4 Å². The van der Waals surface area contributed by atoms with E-state index in [0.29, 0.717) is 13.2 Å². The van der Waals surface area contributed by atoms with Crippen molar-refractivity contribution in [2.24, 2.45) is 0 Å². The summed E-state index contributed by atoms with van der Waals surface area (Å²) < 4.78 is 15.4. The molecule has 3 heterocycles. The molecule has 2 saturated heterocycles. The highest BCUT2D eigenvalue weighted by Crippen LogP contribution is 2.32. The standard InChI is InChI=1S/C9H13N3O2S/c1-2-9(13-4-5-14-9)6-12(3-1)8-10-7-11-15-8/h7H,1-6H2. The minimum absolute atomic E-state index is 0.371. The Bertz CT molecular complexity index is 324. The van der Waals surface area contributed by atoms with Crippen LogP contribution in [-0.2, 0) is 9.47 Å². The first kappa shape index (κ1) is 9.50. The molecule has 0 aromatic carbocycles. The number of nitrogens with zero attached hydrogens (tertiary/aromatic N) is 3. The van der Waals surface area contributed by atoms with Crippen LogP contribution in [0.3, 0.4) is 0 Å². The summed E-state index contributed by atoms with van der Waals surface area (Å²) in [4.78, 5) is 6.42. The fourth-order valence-electron chi connectivity index (χ4n) is 2.19. The number of hydrogen-bond acceptors (Lipinski definition) is 6. The molecule has 2 fully saturated rings. The van der Waals surface area contributed by atoms with Gasteiger partial charge in [-0.05, 0) is 6.42 Å². The lowest BCUT2D eigenvalue weighted by atomic mass is 10.1. The van der Waals surface area contributed by atoms with Gasteiger partial charge in [-0.3, -0.25) is 0 Å². The van der Waals surface area contributed by atoms with Crippen molar-refractivity contribution in [1.29, 1.82) is 0 Å². The Morgan fingerprint density at radius 2 is 2.27 bits per heavy atom. The molecule has 82 valence electrons. The molecule has 0 bridgehead atoms. The van der Waals surface area contributed by atoms with Gasteiger partial charge >= 0.3 is 0 Å². The number of rotatable bonds is 1. The minimum Gasteiger partial charge on any atom is -0.346 e. The highest BCUT2D eigenvalue weighted by molar-refractivity contribution is 7.09. The topological polar surface area (TPSA) is 47.5 Å². The third-order valence-electron chi connectivity index (χ3n) is 2.85. The van der Waals surface area contributed by atoms with Crippen molar-refractivity contribution in [2.75, 3.05) is 31.2 Å². The maximum atomic E-state index is 5.70. The van der Waals surface area contributed by atoms with Gasteiger partial charge in [-0.25, -0.2) is 4.98 Å². The zero-order valence-corrected chi connectivity index (χ0v) is 9.20. The van der Waals surface area contributed by atoms with Crippen molar-refractivity contribution in [1.82, 2.24) is 9.36 Å². The van der Waals surface area contributed by atoms with Crippen LogP contribution in [0.25, 0.3) is 0 Å². The highest BCUT2D eigenvalue weighted by atomic mass is 32.1. The quantitative estimate of drug-likeness (QED) is 0.713. The van der Waals surface area contributed by atoms with Crippen LogP contribution < -0.4 is 4.90 Å². The Labute approximate surface area is 92.2 Å². The highest BCUT2D eigenvalue weighted by Gasteiger charge is 2.41. The third kappa shape index (κ3) is 1.73. The van der Waals surface area contributed by atoms with Crippen molar-refractivity contribution in [3.63, 3.8) is 0 Å². The number of ether oxygens (including phenoxy) is 2. The number of piperidine rings is 1. The van der Waals surface area contributed by atoms with Gasteiger partial charge in [0.05, 0.1) is 19.8 Å². The second kappa shape index (κ2) is 3.70. The monoisotopic (exact) mass is 227 g/mol. The van der Waals surface area contributed by atoms with E-state index >= 15 is 0 Å². The molecule has 1 aromatic rings. The van der Waals surface area contributed by atoms with E-state index in [1.165, 1.54) is 11.5 Å². The predicted octanol–water partition coefficient (Wildman–Crippen LogP) is 0.881. The summed E-state index contributed by atoms with van der Waals surface area (Å²) in [5.41, 5.74) is 0. The minimum atomic E-state index is -0.371. The Hall–Kier alpha value is -0.720. The van der Waals surface area contributed by atoms with E-state index in [-0.39, 0.29) is 5.79 Å². The van der Waals surface area contributed by atoms with E-state index < -0.39 is 0 Å². The van der Waals surface area contributed by atoms with Crippen molar-refractivity contribution in [3.8, 4) is 0 Å². The molecule has 2 aliphatic rings. The van der Waals surface area contributed by atoms with Gasteiger partial charge in [-0.1, -0.05) is 0 Å². The van der Waals surface area contributed by atoms with Crippen LogP contribution in [0, 0.1) is 0 Å². The predicted molar refractivity (Wildman–Crippen MR) is 56.0 cm³/mol. The molecule has 0 saturated carbocycles. The molecule has 0 radical (unpaired) electrons. The summed E-state index contributed by atoms with van der Waals surface area (Å²) in [6.07, 6.45) is 3.67. The van der Waals surface area contributed by atoms with Crippen molar-refractivity contribution in [3.05, 3.63) is 6.33 Å². The van der Waals surface area contributed by atoms with Gasteiger partial charge in [0.25, 0.3) is 0 Å². The zero-order chi connectivity index (χ0) is 10.1. The van der Waals surface area contributed by atoms with E-state index in [1.807, 2.05) is 0 Å². The number of aromatic nitrogens is 2. The second-order valence-corrected chi connectivity index (χ2v) is 4.62. The molecule has 6 heteroatoms. The number of hydrogen-bond donors (Lipinski definition) is 0. The molecule has 0 atom stereocenters. The van der Waals surface area contributed by atoms with E-state index in [2.05, 4.69) is 14.3 Å². The van der Waals surface area contributed by atoms with Crippen LogP contribution in [0.4, 0.5) is 5.13 Å². The van der Waals surface area contributed by atoms with Gasteiger partial charge in [0, 0.05) is 24.5 Å². The Morgan fingerprint density at radius 1 is 1.40 bits per heavy atom. The van der Waals surface area contributed by atoms with Crippen LogP contribution in [0.2, 0.25) is 0 Å². The summed E-state index contributed by atoms with van der Waals surface area (Å²) >= 11 is 1.43. The van der Waals surface area contributed by atoms with Gasteiger partial charge in [-0.15, -0.1) is 0 Å². The first-order chi connectivity index (χ1) is 7.38. The van der Waals surface area contributed by atoms with E-state index in [4.69, 9.17) is 9.47 Å². The molecule has 0 N–H and O–H groups in total. The lowest BCUT2D eigenvalue weighted by Gasteiger charge is -2.38. The van der Waals surface area contributed by atoms with E-state index in [9.17, 15) is 0 Å². The Kier molecular flexibility index (Phi) is 2.34. The second-order valence-electron chi connectivity index (χ2n) is 3.86. The summed E-state index contributed by atoms with van der Waals surface area (Å²) in [5.74, 6) is -0.371. The van der Waals surface area contributed by atoms with Crippen molar-refractivity contribution < 1.29 is 9.47 Å². The zero-order valence-electron chi connectivity index (χ0n) is 8.39. The summed E-state index contributed by atoms with van der Waals surface area (Å²) in [7, 11) is 0. The lowest BCUT2D eigenvalue weighted by Crippen LogP contribution is -2.49. The van der Waals surface area contributed by atoms with Crippen LogP contribution in [0.15, 0.2) is 6.33 Å². The normalized spacial score (nSPS) is 24.9. The van der Waals surface area contributed by atoms with E-state index in [1.54, 1.807) is 6.33 Å². The molecule has 3 rings (SSSR count). The van der Waals surface area contributed by atoms with Gasteiger partial charge in [0.2, 0.25) is 5.13 Å². The van der Waals surface area contributed by atoms with Crippen LogP contribution >= 0.6 is 11.5 Å². The molecule has 0 amide bonds. The fourth-order valence-corrected chi connectivity index (χ4v) is 2.74. The Morgan fingerprint density at radius 3 is 3.00 bits per heavy atom. The molecule has 1 spiro atoms. The SMILES string of the molecule is c1nsc(N2CCCC3(C2)OCCO3)n1. The molecule has 0 aliphatic carbocycles. The first-order valence-electron chi connectivity index (χ1n) is 5.18. The summed E-state index contributed by atoms with van der Waals surface area (Å²) in [6, 6.07) is 0. The Balaban J connectivity index is 1.76. The van der Waals surface area contributed by atoms with Gasteiger partial charge in [0.15, 0.2) is 5.79 Å². The molecule has 1 aromatic heterocycles. The van der Waals surface area contributed by atoms with E-state index in [0.717, 1.165) is 31.1 Å². The largest absolute Gasteiger partial charge is 0.346 e. The van der Waals surface area contributed by atoms with Crippen molar-refractivity contribution in [2.45, 2.75) is 18.6 Å². The molecular formula is C9H13N3O2S. The average Bonchev–Trinajstić information content (AvgIpc) is 2.89. The smallest absolute Gasteiger partial charge is 0.205 e. The van der Waals surface area contributed by atoms with Crippen LogP contribution in [0.5, 0.6) is 0 Å². The fraction of sp³-hybridized carbons (Fsp3) is 0.778.